The van der Waals surface area contributed by atoms with Crippen LogP contribution >= 0.6 is 56.7 Å². The van der Waals surface area contributed by atoms with Crippen LogP contribution in [-0.4, -0.2) is 164 Å². The zero-order valence-corrected chi connectivity index (χ0v) is 89.1. The second kappa shape index (κ2) is 46.2. The van der Waals surface area contributed by atoms with Crippen LogP contribution in [0.25, 0.3) is 61.3 Å². The number of nitrogens with one attached hydrogen (secondary N) is 2. The fourth-order valence-electron chi connectivity index (χ4n) is 17.3. The summed E-state index contributed by atoms with van der Waals surface area (Å²) in [5.41, 5.74) is 38.2. The minimum Gasteiger partial charge on any atom is -0.369 e. The fraction of sp³-hybridized carbons (Fsp3) is 0.278. The number of carbonyl (C=O) groups excluding carboxylic acids is 6. The minimum absolute atomic E-state index is 0.0123. The first-order chi connectivity index (χ1) is 70.0. The molecule has 0 spiro atoms. The molecule has 32 heteroatoms. The number of amides is 6. The lowest BCUT2D eigenvalue weighted by atomic mass is 9.84. The zero-order valence-electron chi connectivity index (χ0n) is 85.0. The van der Waals surface area contributed by atoms with E-state index in [9.17, 15) is 38.4 Å². The Morgan fingerprint density at radius 2 is 0.837 bits per heavy atom. The summed E-state index contributed by atoms with van der Waals surface area (Å²) in [5.74, 6) is 33.1. The quantitative estimate of drug-likeness (QED) is 0.0620. The van der Waals surface area contributed by atoms with Gasteiger partial charge in [0.25, 0.3) is 5.91 Å². The Kier molecular flexibility index (Phi) is 34.0. The van der Waals surface area contributed by atoms with E-state index in [4.69, 9.17) is 40.2 Å². The van der Waals surface area contributed by atoms with Gasteiger partial charge in [0.1, 0.15) is 28.3 Å². The Morgan fingerprint density at radius 3 is 1.34 bits per heavy atom. The highest BCUT2D eigenvalue weighted by molar-refractivity contribution is 7.12. The predicted molar refractivity (Wildman–Crippen MR) is 590 cm³/mol. The molecule has 13 heterocycles. The SMILES string of the molecule is C#Cc1cc(C#N)cc(-c2csc([C@]3(C)CC(=O)N(C)C(N)=N3)c2)c1.CC#Cc1cccc(-c2cc([C@H]3CC(=N)N(C)C(=O)[C@@H]3C)sc2C)c1.CC#Cc1cccc(-c2csc([C@H]3CC(=N)N(C)C(=O)[C@@H]3C)c2)c1.CC#Cc1cccc(-c2csc([C@]3(C)CC(=O)N(C)C(N)=N3)c2)c1.CC#Cc1cccc(-n2cc([C@]3(C)CC(=O)N(C)C(N)=N3)cn2)c1.CC#Cc1cncc(-c2csc([C@@]3(C)N=C(N)N(C)C(=O)[C@@H]3F)c2)c1. The number of hydrogen-bond donors (Lipinski definition) is 6. The van der Waals surface area contributed by atoms with Crippen molar-refractivity contribution < 1.29 is 33.2 Å². The zero-order chi connectivity index (χ0) is 106. The highest BCUT2D eigenvalue weighted by atomic mass is 32.1. The largest absolute Gasteiger partial charge is 0.369 e. The van der Waals surface area contributed by atoms with Crippen molar-refractivity contribution >= 4 is 128 Å². The number of guanidine groups is 4. The molecule has 0 aliphatic carbocycles. The summed E-state index contributed by atoms with van der Waals surface area (Å²) in [6.07, 6.45) is 12.8. The van der Waals surface area contributed by atoms with Gasteiger partial charge in [0.2, 0.25) is 35.7 Å². The Bertz CT molecular complexity index is 7580. The Labute approximate surface area is 877 Å². The van der Waals surface area contributed by atoms with Crippen molar-refractivity contribution in [2.24, 2.45) is 54.7 Å². The highest BCUT2D eigenvalue weighted by Gasteiger charge is 2.49. The van der Waals surface area contributed by atoms with E-state index in [1.54, 1.807) is 125 Å². The van der Waals surface area contributed by atoms with Crippen LogP contribution in [0.2, 0.25) is 0 Å². The number of carbonyl (C=O) groups is 6. The van der Waals surface area contributed by atoms with Crippen LogP contribution < -0.4 is 22.9 Å². The molecule has 26 nitrogen and oxygen atoms in total. The summed E-state index contributed by atoms with van der Waals surface area (Å²) in [7, 11) is 9.71. The molecule has 7 aromatic heterocycles. The van der Waals surface area contributed by atoms with Crippen molar-refractivity contribution in [2.75, 3.05) is 42.3 Å². The molecule has 18 rings (SSSR count). The number of nitrogens with two attached hydrogens (primary N) is 4. The van der Waals surface area contributed by atoms with Gasteiger partial charge in [-0.15, -0.1) is 92.7 Å². The molecule has 9 atom stereocenters. The first-order valence-electron chi connectivity index (χ1n) is 46.9. The number of pyridine rings is 1. The van der Waals surface area contributed by atoms with Crippen molar-refractivity contribution in [2.45, 2.75) is 155 Å². The van der Waals surface area contributed by atoms with Gasteiger partial charge in [-0.05, 0) is 250 Å². The number of amidine groups is 2. The number of nitriles is 1. The number of likely N-dealkylation sites (tertiary alicyclic amines) is 2. The maximum absolute atomic E-state index is 14.7. The normalized spacial score (nSPS) is 20.8. The Morgan fingerprint density at radius 1 is 0.429 bits per heavy atom. The first-order valence-corrected chi connectivity index (χ1v) is 51.2. The molecule has 6 aliphatic rings. The van der Waals surface area contributed by atoms with Crippen molar-refractivity contribution in [1.29, 1.82) is 16.1 Å². The number of aromatic nitrogens is 3. The van der Waals surface area contributed by atoms with Crippen molar-refractivity contribution in [3.8, 4) is 139 Å². The molecule has 2 saturated heterocycles. The van der Waals surface area contributed by atoms with Crippen molar-refractivity contribution in [1.82, 2.24) is 44.2 Å². The minimum atomic E-state index is -1.79. The lowest BCUT2D eigenvalue weighted by molar-refractivity contribution is -0.135. The average molecular weight is 2050 g/mol. The number of aryl methyl sites for hydroxylation is 1. The van der Waals surface area contributed by atoms with Crippen molar-refractivity contribution in [3.63, 3.8) is 0 Å². The van der Waals surface area contributed by atoms with Gasteiger partial charge in [-0.1, -0.05) is 91.8 Å². The second-order valence-corrected chi connectivity index (χ2v) is 41.7. The lowest BCUT2D eigenvalue weighted by Crippen LogP contribution is -2.54. The second-order valence-electron chi connectivity index (χ2n) is 36.7. The van der Waals surface area contributed by atoms with E-state index >= 15 is 0 Å². The molecule has 12 aromatic rings. The summed E-state index contributed by atoms with van der Waals surface area (Å²) < 4.78 is 16.5. The number of hydrogen-bond acceptors (Lipinski definition) is 24. The van der Waals surface area contributed by atoms with Gasteiger partial charge in [-0.25, -0.2) is 29.0 Å². The third-order valence-corrected chi connectivity index (χ3v) is 32.0. The first kappa shape index (κ1) is 108. The molecule has 147 heavy (non-hydrogen) atoms. The lowest BCUT2D eigenvalue weighted by Gasteiger charge is -2.35. The molecule has 6 amide bonds. The maximum Gasteiger partial charge on any atom is 0.266 e. The molecule has 0 unspecified atom stereocenters. The van der Waals surface area contributed by atoms with Crippen molar-refractivity contribution in [3.05, 3.63) is 272 Å². The topological polar surface area (TPSA) is 378 Å². The molecular weight excluding hydrogens is 1940 g/mol. The molecule has 10 N–H and O–H groups in total. The maximum atomic E-state index is 14.7. The smallest absolute Gasteiger partial charge is 0.266 e. The van der Waals surface area contributed by atoms with E-state index in [2.05, 4.69) is 174 Å². The van der Waals surface area contributed by atoms with Gasteiger partial charge in [0, 0.05) is 171 Å². The number of aliphatic imine (C=N–C) groups is 4. The summed E-state index contributed by atoms with van der Waals surface area (Å²) in [6.45, 7) is 22.5. The van der Waals surface area contributed by atoms with Gasteiger partial charge in [0.15, 0.2) is 23.8 Å². The Hall–Kier alpha value is -16.2. The number of halogens is 1. The third kappa shape index (κ3) is 24.4. The number of piperidine rings is 2. The van der Waals surface area contributed by atoms with Gasteiger partial charge < -0.3 is 32.7 Å². The highest BCUT2D eigenvalue weighted by Crippen LogP contribution is 2.47. The van der Waals surface area contributed by atoms with E-state index in [-0.39, 0.29) is 89.9 Å². The standard InChI is InChI=1S/C21H22N2OS.C20H20N2OS.C19H16N4OS.C19H19N3OS.C18H17FN4OS.C18H19N5O/c1-5-7-15-8-6-9-16(10-15)18-11-19(25-14(18)3)17-12-20(22)23(4)21(24)13(17)2;1-4-6-14-7-5-8-15(9-14)16-10-18(24-12-16)17-11-19(21)22(3)20(23)13(17)2;1-4-12-5-13(10-20)7-14(6-12)15-8-16(25-11-15)19(2)9-17(24)23(3)18(21)22-19;1-4-6-13-7-5-8-14(9-13)15-10-16(24-12-15)19(2)11-17(23)22(3)18(20)21-19;1-4-5-11-6-12(9-21-8-11)13-7-14(25-10-13)18(2)15(19)16(24)23(3)17(20)22-18;1-4-6-13-7-5-8-15(9-13)23-12-14(11-20-23)18(2)10-16(24)22(3)17(19)21-18/h6,8-11,13,17,22H,12H2,1-4H3;5,7-10,12-13,17,21H,11H2,1-3H3;1,5-8,11H,9H2,2-3H3,(H2,21,22);5,7-10,12H,11H2,1-3H3,(H2,20,21);6-10,15H,1-3H3,(H2,20,22);5,7-9,11-12H,10H2,1-3H3,(H2,19,21)/t2*13-,17+;2*19-;15-,18+;18-/m110000/s1. The van der Waals surface area contributed by atoms with E-state index < -0.39 is 34.2 Å². The van der Waals surface area contributed by atoms with Crippen LogP contribution in [0.5, 0.6) is 0 Å². The number of terminal acetylenes is 1. The third-order valence-electron chi connectivity index (χ3n) is 26.2. The van der Waals surface area contributed by atoms with E-state index in [0.717, 1.165) is 104 Å². The molecular formula is C115H113FN20O6S5. The van der Waals surface area contributed by atoms with Crippen LogP contribution in [0.15, 0.2) is 218 Å². The van der Waals surface area contributed by atoms with Crippen LogP contribution in [0.1, 0.15) is 194 Å². The molecule has 0 bridgehead atoms. The molecule has 6 aliphatic heterocycles. The van der Waals surface area contributed by atoms with E-state index in [1.165, 1.54) is 74.4 Å². The Balaban J connectivity index is 0.000000147. The number of rotatable bonds is 12. The number of nitrogens with zero attached hydrogens (tertiary/aromatic N) is 14. The number of benzene rings is 5. The van der Waals surface area contributed by atoms with Crippen LogP contribution in [0.3, 0.4) is 0 Å². The van der Waals surface area contributed by atoms with Gasteiger partial charge >= 0.3 is 0 Å². The summed E-state index contributed by atoms with van der Waals surface area (Å²) >= 11 is 7.88. The van der Waals surface area contributed by atoms with Crippen LogP contribution in [0.4, 0.5) is 4.39 Å². The monoisotopic (exact) mass is 2050 g/mol. The van der Waals surface area contributed by atoms with Crippen LogP contribution in [0, 0.1) is 112 Å². The molecule has 0 saturated carbocycles. The van der Waals surface area contributed by atoms with Gasteiger partial charge in [0.05, 0.1) is 48.3 Å². The predicted octanol–water partition coefficient (Wildman–Crippen LogP) is 19.0. The van der Waals surface area contributed by atoms with Gasteiger partial charge in [-0.3, -0.25) is 64.2 Å². The summed E-state index contributed by atoms with van der Waals surface area (Å²) in [4.78, 5) is 110. The fourth-order valence-corrected chi connectivity index (χ4v) is 22.8. The number of alkyl halides is 1. The van der Waals surface area contributed by atoms with E-state index in [0.29, 0.717) is 46.9 Å². The molecule has 2 fully saturated rings. The summed E-state index contributed by atoms with van der Waals surface area (Å²) in [6, 6.07) is 52.1. The van der Waals surface area contributed by atoms with Gasteiger partial charge in [-0.2, -0.15) is 10.4 Å². The average Bonchev–Trinajstić information content (AvgIpc) is 1.70. The molecule has 0 radical (unpaired) electrons. The van der Waals surface area contributed by atoms with Crippen LogP contribution in [-0.2, 0) is 50.9 Å². The number of thiophene rings is 5. The summed E-state index contributed by atoms with van der Waals surface area (Å²) in [5, 5.41) is 37.8. The molecule has 5 aromatic carbocycles. The van der Waals surface area contributed by atoms with E-state index in [1.807, 2.05) is 157 Å². The molecule has 746 valence electrons.